The van der Waals surface area contributed by atoms with Crippen LogP contribution in [-0.2, 0) is 10.9 Å². The van der Waals surface area contributed by atoms with Crippen molar-refractivity contribution in [1.82, 2.24) is 9.97 Å². The van der Waals surface area contributed by atoms with Gasteiger partial charge >= 0.3 is 6.18 Å². The number of carbonyl (C=O) groups excluding carboxylic acids is 1. The third-order valence-electron chi connectivity index (χ3n) is 6.21. The number of hydrogen-bond acceptors (Lipinski definition) is 7. The molecule has 3 heterocycles. The van der Waals surface area contributed by atoms with E-state index in [-0.39, 0.29) is 24.0 Å². The molecule has 1 amide bonds. The van der Waals surface area contributed by atoms with Gasteiger partial charge in [0, 0.05) is 48.3 Å². The second-order valence-corrected chi connectivity index (χ2v) is 9.06. The Morgan fingerprint density at radius 3 is 2.66 bits per heavy atom. The average Bonchev–Trinajstić information content (AvgIpc) is 2.92. The molecular weight excluding hydrogens is 503 g/mol. The molecule has 0 spiro atoms. The van der Waals surface area contributed by atoms with Gasteiger partial charge in [0.05, 0.1) is 6.61 Å². The minimum atomic E-state index is -4.66. The number of pyridine rings is 2. The Morgan fingerprint density at radius 2 is 1.95 bits per heavy atom. The maximum atomic E-state index is 13.0. The Balaban J connectivity index is 1.64. The molecule has 38 heavy (non-hydrogen) atoms. The van der Waals surface area contributed by atoms with Crippen LogP contribution in [0, 0.1) is 6.92 Å². The maximum Gasteiger partial charge on any atom is 0.433 e. The Kier molecular flexibility index (Phi) is 8.60. The lowest BCUT2D eigenvalue weighted by Crippen LogP contribution is -2.22. The summed E-state index contributed by atoms with van der Waals surface area (Å²) >= 11 is 0. The molecule has 1 aliphatic rings. The van der Waals surface area contributed by atoms with Gasteiger partial charge in [-0.1, -0.05) is 6.07 Å². The van der Waals surface area contributed by atoms with Crippen molar-refractivity contribution in [3.05, 3.63) is 71.2 Å². The maximum absolute atomic E-state index is 13.0. The predicted molar refractivity (Wildman–Crippen MR) is 133 cm³/mol. The number of alkyl halides is 3. The van der Waals surface area contributed by atoms with Crippen LogP contribution in [0.1, 0.15) is 46.1 Å². The molecule has 1 saturated heterocycles. The molecule has 1 aliphatic heterocycles. The fourth-order valence-electron chi connectivity index (χ4n) is 4.13. The smallest absolute Gasteiger partial charge is 0.433 e. The summed E-state index contributed by atoms with van der Waals surface area (Å²) < 4.78 is 50.2. The lowest BCUT2D eigenvalue weighted by molar-refractivity contribution is -0.141. The zero-order valence-electron chi connectivity index (χ0n) is 20.7. The number of aliphatic hydroxyl groups excluding tert-OH is 2. The largest absolute Gasteiger partial charge is 0.475 e. The molecule has 3 aromatic rings. The minimum Gasteiger partial charge on any atom is -0.475 e. The third-order valence-corrected chi connectivity index (χ3v) is 6.21. The van der Waals surface area contributed by atoms with Crippen LogP contribution in [0.4, 0.5) is 18.9 Å². The predicted octanol–water partition coefficient (Wildman–Crippen LogP) is 4.35. The molecule has 0 bridgehead atoms. The Labute approximate surface area is 217 Å². The highest BCUT2D eigenvalue weighted by molar-refractivity contribution is 6.04. The van der Waals surface area contributed by atoms with Crippen molar-refractivity contribution in [3.63, 3.8) is 0 Å². The first-order valence-corrected chi connectivity index (χ1v) is 12.1. The van der Waals surface area contributed by atoms with E-state index in [2.05, 4.69) is 15.3 Å². The SMILES string of the molecule is Cc1ccc(NC(=O)c2ccnc(C(F)(F)F)c2)cc1-c1cc(OCC(O)CO)nc(C2CCOCC2)c1. The van der Waals surface area contributed by atoms with Crippen molar-refractivity contribution < 1.29 is 37.7 Å². The van der Waals surface area contributed by atoms with E-state index in [1.54, 1.807) is 24.3 Å². The fourth-order valence-corrected chi connectivity index (χ4v) is 4.13. The standard InChI is InChI=1S/C27H28F3N3O5/c1-16-2-3-20(32-26(36)18-4-7-31-24(11-18)27(28,29)30)13-22(16)19-10-23(17-5-8-37-9-6-17)33-25(12-19)38-15-21(35)14-34/h2-4,7,10-13,17,21,34-35H,5-6,8-9,14-15H2,1H3,(H,32,36). The summed E-state index contributed by atoms with van der Waals surface area (Å²) in [5.41, 5.74) is 2.28. The van der Waals surface area contributed by atoms with Gasteiger partial charge in [0.15, 0.2) is 0 Å². The average molecular weight is 532 g/mol. The molecule has 0 radical (unpaired) electrons. The molecule has 1 atom stereocenters. The molecule has 4 rings (SSSR count). The molecule has 202 valence electrons. The van der Waals surface area contributed by atoms with Gasteiger partial charge in [0.1, 0.15) is 18.4 Å². The first-order valence-electron chi connectivity index (χ1n) is 12.1. The number of nitrogens with zero attached hydrogens (tertiary/aromatic N) is 2. The van der Waals surface area contributed by atoms with Gasteiger partial charge in [0.25, 0.3) is 5.91 Å². The quantitative estimate of drug-likeness (QED) is 0.396. The number of aryl methyl sites for hydroxylation is 1. The highest BCUT2D eigenvalue weighted by Gasteiger charge is 2.33. The highest BCUT2D eigenvalue weighted by Crippen LogP contribution is 2.34. The van der Waals surface area contributed by atoms with Gasteiger partial charge in [0.2, 0.25) is 5.88 Å². The zero-order valence-corrected chi connectivity index (χ0v) is 20.7. The van der Waals surface area contributed by atoms with E-state index >= 15 is 0 Å². The van der Waals surface area contributed by atoms with Crippen LogP contribution in [0.3, 0.4) is 0 Å². The summed E-state index contributed by atoms with van der Waals surface area (Å²) in [5.74, 6) is -0.277. The molecule has 1 unspecified atom stereocenters. The van der Waals surface area contributed by atoms with Gasteiger partial charge in [-0.3, -0.25) is 9.78 Å². The Bertz CT molecular complexity index is 1280. The van der Waals surface area contributed by atoms with E-state index in [4.69, 9.17) is 14.6 Å². The highest BCUT2D eigenvalue weighted by atomic mass is 19.4. The van der Waals surface area contributed by atoms with Gasteiger partial charge in [-0.2, -0.15) is 13.2 Å². The molecule has 8 nitrogen and oxygen atoms in total. The van der Waals surface area contributed by atoms with Crippen LogP contribution in [0.2, 0.25) is 0 Å². The molecule has 3 N–H and O–H groups in total. The molecular formula is C27H28F3N3O5. The molecule has 11 heteroatoms. The zero-order chi connectivity index (χ0) is 27.3. The number of ether oxygens (including phenoxy) is 2. The van der Waals surface area contributed by atoms with Crippen molar-refractivity contribution in [1.29, 1.82) is 0 Å². The second kappa shape index (κ2) is 11.9. The number of amides is 1. The van der Waals surface area contributed by atoms with Crippen molar-refractivity contribution in [2.24, 2.45) is 0 Å². The number of carbonyl (C=O) groups is 1. The molecule has 1 fully saturated rings. The van der Waals surface area contributed by atoms with E-state index in [9.17, 15) is 23.1 Å². The van der Waals surface area contributed by atoms with E-state index in [0.29, 0.717) is 25.0 Å². The molecule has 0 aliphatic carbocycles. The van der Waals surface area contributed by atoms with Crippen LogP contribution >= 0.6 is 0 Å². The monoisotopic (exact) mass is 531 g/mol. The summed E-state index contributed by atoms with van der Waals surface area (Å²) in [6, 6.07) is 10.8. The Hall–Kier alpha value is -3.54. The number of halogens is 3. The molecule has 0 saturated carbocycles. The van der Waals surface area contributed by atoms with Crippen LogP contribution in [-0.4, -0.2) is 58.6 Å². The van der Waals surface area contributed by atoms with Crippen LogP contribution in [0.5, 0.6) is 5.88 Å². The van der Waals surface area contributed by atoms with Crippen molar-refractivity contribution in [2.45, 2.75) is 38.0 Å². The number of hydrogen-bond donors (Lipinski definition) is 3. The van der Waals surface area contributed by atoms with Crippen molar-refractivity contribution in [2.75, 3.05) is 31.7 Å². The van der Waals surface area contributed by atoms with E-state index in [1.165, 1.54) is 6.07 Å². The number of anilines is 1. The van der Waals surface area contributed by atoms with Crippen molar-refractivity contribution in [3.8, 4) is 17.0 Å². The van der Waals surface area contributed by atoms with Gasteiger partial charge < -0.3 is 25.0 Å². The van der Waals surface area contributed by atoms with Gasteiger partial charge in [-0.15, -0.1) is 0 Å². The van der Waals surface area contributed by atoms with E-state index in [0.717, 1.165) is 41.4 Å². The molecule has 1 aromatic carbocycles. The normalized spacial score (nSPS) is 15.2. The van der Waals surface area contributed by atoms with E-state index < -0.39 is 30.5 Å². The number of rotatable bonds is 8. The summed E-state index contributed by atoms with van der Waals surface area (Å²) in [6.45, 7) is 2.53. The van der Waals surface area contributed by atoms with Crippen LogP contribution in [0.15, 0.2) is 48.7 Å². The number of nitrogens with one attached hydrogen (secondary N) is 1. The molecule has 2 aromatic heterocycles. The third kappa shape index (κ3) is 6.85. The topological polar surface area (TPSA) is 114 Å². The minimum absolute atomic E-state index is 0.138. The lowest BCUT2D eigenvalue weighted by Gasteiger charge is -2.23. The summed E-state index contributed by atoms with van der Waals surface area (Å²) in [4.78, 5) is 20.6. The number of aromatic nitrogens is 2. The number of aliphatic hydroxyl groups is 2. The van der Waals surface area contributed by atoms with Gasteiger partial charge in [-0.25, -0.2) is 4.98 Å². The summed E-state index contributed by atoms with van der Waals surface area (Å²) in [6.07, 6.45) is -3.20. The lowest BCUT2D eigenvalue weighted by atomic mass is 9.92. The second-order valence-electron chi connectivity index (χ2n) is 9.06. The van der Waals surface area contributed by atoms with Gasteiger partial charge in [-0.05, 0) is 66.8 Å². The van der Waals surface area contributed by atoms with Crippen LogP contribution < -0.4 is 10.1 Å². The summed E-state index contributed by atoms with van der Waals surface area (Å²) in [7, 11) is 0. The van der Waals surface area contributed by atoms with Crippen molar-refractivity contribution >= 4 is 11.6 Å². The number of benzene rings is 1. The first-order chi connectivity index (χ1) is 18.1. The Morgan fingerprint density at radius 1 is 1.18 bits per heavy atom. The van der Waals surface area contributed by atoms with Crippen LogP contribution in [0.25, 0.3) is 11.1 Å². The first kappa shape index (κ1) is 27.5. The fraction of sp³-hybridized carbons (Fsp3) is 0.370. The van der Waals surface area contributed by atoms with E-state index in [1.807, 2.05) is 13.0 Å². The summed E-state index contributed by atoms with van der Waals surface area (Å²) in [5, 5.41) is 21.5.